The summed E-state index contributed by atoms with van der Waals surface area (Å²) in [5, 5.41) is 8.94. The van der Waals surface area contributed by atoms with Crippen LogP contribution in [0.5, 0.6) is 0 Å². The molecule has 22 heavy (non-hydrogen) atoms. The zero-order valence-corrected chi connectivity index (χ0v) is 13.2. The monoisotopic (exact) mass is 303 g/mol. The average molecular weight is 303 g/mol. The molecule has 0 radical (unpaired) electrons. The SMILES string of the molecule is CC1CC1c1ccc(/C=C/C(=O)N2CCCC2CCCO)o1. The maximum atomic E-state index is 12.3. The minimum Gasteiger partial charge on any atom is -0.461 e. The van der Waals surface area contributed by atoms with Gasteiger partial charge < -0.3 is 14.4 Å². The van der Waals surface area contributed by atoms with Crippen molar-refractivity contribution in [3.05, 3.63) is 29.7 Å². The summed E-state index contributed by atoms with van der Waals surface area (Å²) in [6.07, 6.45) is 8.36. The van der Waals surface area contributed by atoms with E-state index >= 15 is 0 Å². The molecule has 0 spiro atoms. The minimum atomic E-state index is 0.0539. The smallest absolute Gasteiger partial charge is 0.246 e. The zero-order chi connectivity index (χ0) is 15.5. The summed E-state index contributed by atoms with van der Waals surface area (Å²) in [4.78, 5) is 14.3. The summed E-state index contributed by atoms with van der Waals surface area (Å²) in [6, 6.07) is 4.25. The second-order valence-corrected chi connectivity index (χ2v) is 6.59. The van der Waals surface area contributed by atoms with Crippen molar-refractivity contribution < 1.29 is 14.3 Å². The predicted molar refractivity (Wildman–Crippen MR) is 85.3 cm³/mol. The lowest BCUT2D eigenvalue weighted by Gasteiger charge is -2.23. The first-order valence-electron chi connectivity index (χ1n) is 8.38. The van der Waals surface area contributed by atoms with Gasteiger partial charge in [-0.2, -0.15) is 0 Å². The summed E-state index contributed by atoms with van der Waals surface area (Å²) in [5.74, 6) is 3.15. The van der Waals surface area contributed by atoms with E-state index in [-0.39, 0.29) is 18.6 Å². The van der Waals surface area contributed by atoms with Crippen molar-refractivity contribution in [1.29, 1.82) is 0 Å². The standard InChI is InChI=1S/C18H25NO3/c1-13-12-16(13)17-8-6-15(22-17)7-9-18(21)19-10-2-4-14(19)5-3-11-20/h6-9,13-14,16,20H,2-5,10-12H2,1H3/b9-7+. The van der Waals surface area contributed by atoms with Gasteiger partial charge in [-0.1, -0.05) is 6.92 Å². The van der Waals surface area contributed by atoms with Crippen LogP contribution in [0.1, 0.15) is 56.5 Å². The van der Waals surface area contributed by atoms with Crippen molar-refractivity contribution in [2.24, 2.45) is 5.92 Å². The van der Waals surface area contributed by atoms with E-state index in [1.807, 2.05) is 17.0 Å². The van der Waals surface area contributed by atoms with Gasteiger partial charge in [0.1, 0.15) is 11.5 Å². The number of aliphatic hydroxyl groups is 1. The second kappa shape index (κ2) is 6.69. The number of furan rings is 1. The van der Waals surface area contributed by atoms with Gasteiger partial charge in [0, 0.05) is 31.2 Å². The van der Waals surface area contributed by atoms with E-state index < -0.39 is 0 Å². The molecule has 0 aromatic carbocycles. The van der Waals surface area contributed by atoms with Gasteiger partial charge in [-0.05, 0) is 56.2 Å². The molecule has 3 atom stereocenters. The summed E-state index contributed by atoms with van der Waals surface area (Å²) in [5.41, 5.74) is 0. The van der Waals surface area contributed by atoms with E-state index in [0.29, 0.717) is 5.92 Å². The van der Waals surface area contributed by atoms with Crippen LogP contribution < -0.4 is 0 Å². The van der Waals surface area contributed by atoms with Crippen molar-refractivity contribution in [2.75, 3.05) is 13.2 Å². The van der Waals surface area contributed by atoms with Crippen LogP contribution in [0, 0.1) is 5.92 Å². The van der Waals surface area contributed by atoms with E-state index in [9.17, 15) is 4.79 Å². The first-order valence-corrected chi connectivity index (χ1v) is 8.38. The molecule has 4 heteroatoms. The summed E-state index contributed by atoms with van der Waals surface area (Å²) >= 11 is 0. The largest absolute Gasteiger partial charge is 0.461 e. The lowest BCUT2D eigenvalue weighted by molar-refractivity contribution is -0.126. The third-order valence-corrected chi connectivity index (χ3v) is 4.87. The first kappa shape index (κ1) is 15.3. The fraction of sp³-hybridized carbons (Fsp3) is 0.611. The van der Waals surface area contributed by atoms with Crippen molar-refractivity contribution in [3.63, 3.8) is 0 Å². The molecule has 120 valence electrons. The molecule has 2 fully saturated rings. The van der Waals surface area contributed by atoms with E-state index in [4.69, 9.17) is 9.52 Å². The highest BCUT2D eigenvalue weighted by molar-refractivity contribution is 5.91. The Morgan fingerprint density at radius 2 is 2.32 bits per heavy atom. The molecule has 0 bridgehead atoms. The Morgan fingerprint density at radius 3 is 3.05 bits per heavy atom. The van der Waals surface area contributed by atoms with Crippen molar-refractivity contribution in [1.82, 2.24) is 4.90 Å². The summed E-state index contributed by atoms with van der Waals surface area (Å²) < 4.78 is 5.79. The quantitative estimate of drug-likeness (QED) is 0.821. The molecule has 1 amide bonds. The molecule has 1 aliphatic heterocycles. The Morgan fingerprint density at radius 1 is 1.50 bits per heavy atom. The maximum Gasteiger partial charge on any atom is 0.246 e. The highest BCUT2D eigenvalue weighted by atomic mass is 16.3. The third-order valence-electron chi connectivity index (χ3n) is 4.87. The number of likely N-dealkylation sites (tertiary alicyclic amines) is 1. The number of hydrogen-bond donors (Lipinski definition) is 1. The molecule has 3 unspecified atom stereocenters. The highest BCUT2D eigenvalue weighted by Crippen LogP contribution is 2.47. The Bertz CT molecular complexity index is 548. The van der Waals surface area contributed by atoms with Crippen LogP contribution in [-0.2, 0) is 4.79 Å². The molecule has 2 aliphatic rings. The lowest BCUT2D eigenvalue weighted by atomic mass is 10.1. The van der Waals surface area contributed by atoms with Gasteiger partial charge in [-0.25, -0.2) is 0 Å². The molecule has 1 N–H and O–H groups in total. The zero-order valence-electron chi connectivity index (χ0n) is 13.2. The molecule has 1 aromatic heterocycles. The Kier molecular flexibility index (Phi) is 4.67. The van der Waals surface area contributed by atoms with Crippen LogP contribution in [-0.4, -0.2) is 35.1 Å². The van der Waals surface area contributed by atoms with Crippen LogP contribution in [0.15, 0.2) is 22.6 Å². The fourth-order valence-corrected chi connectivity index (χ4v) is 3.38. The predicted octanol–water partition coefficient (Wildman–Crippen LogP) is 3.18. The van der Waals surface area contributed by atoms with E-state index in [1.165, 1.54) is 6.42 Å². The van der Waals surface area contributed by atoms with Crippen molar-refractivity contribution in [2.45, 2.75) is 51.0 Å². The van der Waals surface area contributed by atoms with Crippen molar-refractivity contribution >= 4 is 12.0 Å². The number of carbonyl (C=O) groups excluding carboxylic acids is 1. The summed E-state index contributed by atoms with van der Waals surface area (Å²) in [6.45, 7) is 3.25. The molecule has 4 nitrogen and oxygen atoms in total. The van der Waals surface area contributed by atoms with Gasteiger partial charge in [-0.15, -0.1) is 0 Å². The molecular weight excluding hydrogens is 278 g/mol. The maximum absolute atomic E-state index is 12.3. The third kappa shape index (κ3) is 3.43. The van der Waals surface area contributed by atoms with E-state index in [2.05, 4.69) is 6.92 Å². The number of hydrogen-bond acceptors (Lipinski definition) is 3. The molecule has 1 saturated heterocycles. The number of amides is 1. The molecule has 1 aliphatic carbocycles. The molecular formula is C18H25NO3. The normalized spacial score (nSPS) is 27.7. The van der Waals surface area contributed by atoms with Crippen LogP contribution >= 0.6 is 0 Å². The van der Waals surface area contributed by atoms with Gasteiger partial charge in [0.15, 0.2) is 0 Å². The number of nitrogens with zero attached hydrogens (tertiary/aromatic N) is 1. The van der Waals surface area contributed by atoms with Crippen molar-refractivity contribution in [3.8, 4) is 0 Å². The second-order valence-electron chi connectivity index (χ2n) is 6.59. The van der Waals surface area contributed by atoms with Gasteiger partial charge >= 0.3 is 0 Å². The first-order chi connectivity index (χ1) is 10.7. The number of carbonyl (C=O) groups is 1. The van der Waals surface area contributed by atoms with Crippen LogP contribution in [0.4, 0.5) is 0 Å². The van der Waals surface area contributed by atoms with Gasteiger partial charge in [0.25, 0.3) is 0 Å². The summed E-state index contributed by atoms with van der Waals surface area (Å²) in [7, 11) is 0. The van der Waals surface area contributed by atoms with Crippen LogP contribution in [0.25, 0.3) is 6.08 Å². The number of rotatable bonds is 6. The van der Waals surface area contributed by atoms with Crippen LogP contribution in [0.2, 0.25) is 0 Å². The minimum absolute atomic E-state index is 0.0539. The Labute approximate surface area is 131 Å². The Balaban J connectivity index is 1.57. The molecule has 3 rings (SSSR count). The topological polar surface area (TPSA) is 53.7 Å². The average Bonchev–Trinajstić information content (AvgIpc) is 2.97. The molecule has 1 saturated carbocycles. The highest BCUT2D eigenvalue weighted by Gasteiger charge is 2.36. The van der Waals surface area contributed by atoms with Gasteiger partial charge in [-0.3, -0.25) is 4.79 Å². The van der Waals surface area contributed by atoms with E-state index in [0.717, 1.165) is 49.7 Å². The fourth-order valence-electron chi connectivity index (χ4n) is 3.38. The van der Waals surface area contributed by atoms with E-state index in [1.54, 1.807) is 12.2 Å². The Hall–Kier alpha value is -1.55. The van der Waals surface area contributed by atoms with Crippen LogP contribution in [0.3, 0.4) is 0 Å². The molecule has 2 heterocycles. The van der Waals surface area contributed by atoms with Gasteiger partial charge in [0.2, 0.25) is 5.91 Å². The van der Waals surface area contributed by atoms with Gasteiger partial charge in [0.05, 0.1) is 0 Å². The molecule has 1 aromatic rings. The number of aliphatic hydroxyl groups excluding tert-OH is 1. The lowest BCUT2D eigenvalue weighted by Crippen LogP contribution is -2.34.